The maximum absolute atomic E-state index is 13.9. The van der Waals surface area contributed by atoms with Gasteiger partial charge in [-0.05, 0) is 42.1 Å². The zero-order chi connectivity index (χ0) is 27.3. The molecule has 3 aromatic rings. The van der Waals surface area contributed by atoms with Gasteiger partial charge in [0.2, 0.25) is 0 Å². The fourth-order valence-corrected chi connectivity index (χ4v) is 3.85. The minimum Gasteiger partial charge on any atom is -0.397 e. The quantitative estimate of drug-likeness (QED) is 0.189. The number of amides is 1. The molecule has 0 unspecified atom stereocenters. The number of hydrogen-bond donors (Lipinski definition) is 1. The Kier molecular flexibility index (Phi) is 7.09. The molecule has 0 atom stereocenters. The van der Waals surface area contributed by atoms with E-state index in [2.05, 4.69) is 31.3 Å². The van der Waals surface area contributed by atoms with Crippen LogP contribution in [0.4, 0.5) is 30.7 Å². The summed E-state index contributed by atoms with van der Waals surface area (Å²) in [6.07, 6.45) is -1.16. The van der Waals surface area contributed by atoms with E-state index in [0.717, 1.165) is 30.8 Å². The number of aromatic nitrogens is 4. The van der Waals surface area contributed by atoms with Gasteiger partial charge in [-0.15, -0.1) is 5.10 Å². The van der Waals surface area contributed by atoms with Crippen molar-refractivity contribution in [2.45, 2.75) is 35.7 Å². The molecule has 1 fully saturated rings. The Morgan fingerprint density at radius 2 is 1.84 bits per heavy atom. The predicted octanol–water partition coefficient (Wildman–Crippen LogP) is 6.29. The molecule has 200 valence electrons. The molecule has 1 aliphatic rings. The van der Waals surface area contributed by atoms with Gasteiger partial charge in [-0.1, -0.05) is 17.7 Å². The molecule has 7 nitrogen and oxygen atoms in total. The maximum atomic E-state index is 13.9. The Bertz CT molecular complexity index is 1340. The molecule has 0 spiro atoms. The first-order chi connectivity index (χ1) is 17.1. The first-order valence-corrected chi connectivity index (χ1v) is 11.7. The van der Waals surface area contributed by atoms with Crippen LogP contribution in [-0.2, 0) is 13.2 Å². The van der Waals surface area contributed by atoms with Gasteiger partial charge in [0, 0.05) is 24.8 Å². The van der Waals surface area contributed by atoms with E-state index >= 15 is 0 Å². The number of alkyl halides is 8. The van der Waals surface area contributed by atoms with E-state index in [1.165, 1.54) is 24.4 Å². The van der Waals surface area contributed by atoms with Gasteiger partial charge in [-0.3, -0.25) is 4.79 Å². The van der Waals surface area contributed by atoms with Crippen LogP contribution in [0.3, 0.4) is 0 Å². The molecule has 1 aromatic carbocycles. The van der Waals surface area contributed by atoms with Crippen molar-refractivity contribution < 1.29 is 39.7 Å². The standard InChI is InChI=1S/C20H14Cl2F7N5O2S/c1-33-17(14(18(23,24)25)16(32-33)36-37-20(28,29)19(22,26)27)34-8-10(7-30-34)9-2-5-13(21)12(6-9)15(35)31-11-3-4-11/h2,5-8,11H,3-4H2,1H3,(H,31,35). The molecule has 1 aliphatic carbocycles. The highest BCUT2D eigenvalue weighted by molar-refractivity contribution is 7.96. The van der Waals surface area contributed by atoms with Crippen LogP contribution in [0.15, 0.2) is 30.6 Å². The van der Waals surface area contributed by atoms with Crippen LogP contribution in [0.25, 0.3) is 16.9 Å². The molecule has 17 heteroatoms. The number of nitrogens with zero attached hydrogens (tertiary/aromatic N) is 4. The summed E-state index contributed by atoms with van der Waals surface area (Å²) in [4.78, 5) is 12.4. The number of nitrogens with one attached hydrogen (secondary N) is 1. The monoisotopic (exact) mass is 591 g/mol. The van der Waals surface area contributed by atoms with Crippen LogP contribution in [0, 0.1) is 0 Å². The first-order valence-electron chi connectivity index (χ1n) is 10.2. The highest BCUT2D eigenvalue weighted by atomic mass is 35.5. The van der Waals surface area contributed by atoms with Gasteiger partial charge in [0.15, 0.2) is 11.4 Å². The highest BCUT2D eigenvalue weighted by Crippen LogP contribution is 2.48. The molecule has 0 radical (unpaired) electrons. The molecule has 0 aliphatic heterocycles. The van der Waals surface area contributed by atoms with Crippen LogP contribution >= 0.6 is 35.2 Å². The lowest BCUT2D eigenvalue weighted by molar-refractivity contribution is -0.138. The van der Waals surface area contributed by atoms with E-state index in [1.54, 1.807) is 0 Å². The topological polar surface area (TPSA) is 74.0 Å². The summed E-state index contributed by atoms with van der Waals surface area (Å²) in [6.45, 7) is 0. The lowest BCUT2D eigenvalue weighted by atomic mass is 10.1. The fraction of sp³-hybridized carbons (Fsp3) is 0.350. The Hall–Kier alpha value is -2.65. The summed E-state index contributed by atoms with van der Waals surface area (Å²) in [5.41, 5.74) is -0.827. The average Bonchev–Trinajstić information content (AvgIpc) is 3.33. The molecule has 0 saturated heterocycles. The molecular weight excluding hydrogens is 578 g/mol. The zero-order valence-electron chi connectivity index (χ0n) is 18.3. The normalized spacial score (nSPS) is 14.6. The van der Waals surface area contributed by atoms with Crippen molar-refractivity contribution in [3.63, 3.8) is 0 Å². The van der Waals surface area contributed by atoms with Crippen molar-refractivity contribution >= 4 is 41.2 Å². The summed E-state index contributed by atoms with van der Waals surface area (Å²) in [5.74, 6) is -2.57. The van der Waals surface area contributed by atoms with Crippen molar-refractivity contribution in [1.29, 1.82) is 0 Å². The fourth-order valence-electron chi connectivity index (χ4n) is 3.16. The molecule has 1 N–H and O–H groups in total. The van der Waals surface area contributed by atoms with E-state index in [9.17, 15) is 35.5 Å². The predicted molar refractivity (Wildman–Crippen MR) is 120 cm³/mol. The number of carbonyl (C=O) groups excluding carboxylic acids is 1. The van der Waals surface area contributed by atoms with Crippen molar-refractivity contribution in [3.05, 3.63) is 46.7 Å². The Morgan fingerprint density at radius 3 is 2.43 bits per heavy atom. The largest absolute Gasteiger partial charge is 0.425 e. The van der Waals surface area contributed by atoms with Gasteiger partial charge in [0.05, 0.1) is 16.8 Å². The summed E-state index contributed by atoms with van der Waals surface area (Å²) in [5, 5.41) is 0.0734. The molecule has 4 rings (SSSR count). The van der Waals surface area contributed by atoms with E-state index in [-0.39, 0.29) is 22.2 Å². The van der Waals surface area contributed by atoms with Crippen LogP contribution < -0.4 is 9.50 Å². The second kappa shape index (κ2) is 9.58. The number of halogens is 9. The lowest BCUT2D eigenvalue weighted by Gasteiger charge is -2.18. The van der Waals surface area contributed by atoms with Gasteiger partial charge in [-0.2, -0.15) is 35.8 Å². The van der Waals surface area contributed by atoms with Gasteiger partial charge < -0.3 is 9.50 Å². The third-order valence-corrected chi connectivity index (χ3v) is 6.47. The van der Waals surface area contributed by atoms with Crippen molar-refractivity contribution in [1.82, 2.24) is 24.9 Å². The van der Waals surface area contributed by atoms with Crippen LogP contribution in [-0.4, -0.2) is 42.1 Å². The molecule has 37 heavy (non-hydrogen) atoms. The van der Waals surface area contributed by atoms with Gasteiger partial charge in [-0.25, -0.2) is 9.36 Å². The van der Waals surface area contributed by atoms with Crippen molar-refractivity contribution in [2.75, 3.05) is 0 Å². The second-order valence-electron chi connectivity index (χ2n) is 7.92. The number of benzene rings is 1. The molecule has 1 saturated carbocycles. The third-order valence-electron chi connectivity index (χ3n) is 5.08. The summed E-state index contributed by atoms with van der Waals surface area (Å²) < 4.78 is 99.9. The minimum absolute atomic E-state index is 0.0609. The summed E-state index contributed by atoms with van der Waals surface area (Å²) in [6, 6.07) is 4.46. The van der Waals surface area contributed by atoms with Crippen LogP contribution in [0.2, 0.25) is 5.02 Å². The van der Waals surface area contributed by atoms with Gasteiger partial charge in [0.1, 0.15) is 12.0 Å². The summed E-state index contributed by atoms with van der Waals surface area (Å²) in [7, 11) is 1.04. The Labute approximate surface area is 218 Å². The van der Waals surface area contributed by atoms with E-state index in [0.29, 0.717) is 10.2 Å². The molecule has 2 heterocycles. The zero-order valence-corrected chi connectivity index (χ0v) is 20.6. The van der Waals surface area contributed by atoms with Gasteiger partial charge in [0.25, 0.3) is 11.8 Å². The molecule has 0 bridgehead atoms. The first kappa shape index (κ1) is 27.4. The SMILES string of the molecule is Cn1nc(OSC(F)(F)C(F)(F)Cl)c(C(F)(F)F)c1-n1cc(-c2ccc(Cl)c(C(=O)NC3CC3)c2)cn1. The minimum atomic E-state index is -5.21. The Balaban J connectivity index is 1.68. The molecule has 1 amide bonds. The number of aryl methyl sites for hydroxylation is 1. The number of rotatable bonds is 8. The number of hydrogen-bond acceptors (Lipinski definition) is 5. The van der Waals surface area contributed by atoms with Crippen LogP contribution in [0.5, 0.6) is 5.88 Å². The highest BCUT2D eigenvalue weighted by Gasteiger charge is 2.58. The third kappa shape index (κ3) is 5.77. The summed E-state index contributed by atoms with van der Waals surface area (Å²) >= 11 is 9.16. The second-order valence-corrected chi connectivity index (χ2v) is 9.65. The van der Waals surface area contributed by atoms with Crippen molar-refractivity contribution in [3.8, 4) is 22.8 Å². The molecule has 2 aromatic heterocycles. The Morgan fingerprint density at radius 1 is 1.16 bits per heavy atom. The van der Waals surface area contributed by atoms with Crippen molar-refractivity contribution in [2.24, 2.45) is 7.05 Å². The van der Waals surface area contributed by atoms with E-state index in [1.807, 2.05) is 0 Å². The maximum Gasteiger partial charge on any atom is 0.425 e. The smallest absolute Gasteiger partial charge is 0.397 e. The van der Waals surface area contributed by atoms with E-state index in [4.69, 9.17) is 11.6 Å². The van der Waals surface area contributed by atoms with Gasteiger partial charge >= 0.3 is 16.8 Å². The number of carbonyl (C=O) groups is 1. The average molecular weight is 592 g/mol. The van der Waals surface area contributed by atoms with E-state index < -0.39 is 52.0 Å². The van der Waals surface area contributed by atoms with Crippen LogP contribution in [0.1, 0.15) is 28.8 Å². The lowest BCUT2D eigenvalue weighted by Crippen LogP contribution is -2.32. The molecular formula is C20H14Cl2F7N5O2S.